The Hall–Kier alpha value is -2.01. The molecule has 0 spiro atoms. The molecule has 0 N–H and O–H groups in total. The summed E-state index contributed by atoms with van der Waals surface area (Å²) in [5.74, 6) is 1.02. The maximum absolute atomic E-state index is 14.0. The highest BCUT2D eigenvalue weighted by Crippen LogP contribution is 2.32. The summed E-state index contributed by atoms with van der Waals surface area (Å²) in [6.07, 6.45) is 3.73. The number of nitrogens with zero attached hydrogens (tertiary/aromatic N) is 3. The summed E-state index contributed by atoms with van der Waals surface area (Å²) < 4.78 is 20.0. The van der Waals surface area contributed by atoms with Crippen LogP contribution < -0.4 is 4.74 Å². The number of ether oxygens (including phenoxy) is 1. The molecule has 0 aliphatic carbocycles. The minimum absolute atomic E-state index is 0.110. The first kappa shape index (κ1) is 14.6. The molecule has 5 heteroatoms. The van der Waals surface area contributed by atoms with Gasteiger partial charge in [-0.05, 0) is 49.4 Å². The highest BCUT2D eigenvalue weighted by molar-refractivity contribution is 5.59. The maximum atomic E-state index is 14.0. The third-order valence-corrected chi connectivity index (χ3v) is 4.89. The van der Waals surface area contributed by atoms with E-state index >= 15 is 0 Å². The van der Waals surface area contributed by atoms with Crippen LogP contribution in [0.4, 0.5) is 4.39 Å². The molecular formula is C18H20FN3O. The Bertz CT molecular complexity index is 696. The van der Waals surface area contributed by atoms with Crippen molar-refractivity contribution in [1.82, 2.24) is 15.1 Å². The maximum Gasteiger partial charge on any atom is 0.234 e. The first-order chi connectivity index (χ1) is 11.2. The van der Waals surface area contributed by atoms with Gasteiger partial charge in [-0.25, -0.2) is 4.39 Å². The molecule has 2 aromatic rings. The number of hydrogen-bond acceptors (Lipinski definition) is 4. The van der Waals surface area contributed by atoms with Crippen molar-refractivity contribution in [3.63, 3.8) is 0 Å². The van der Waals surface area contributed by atoms with Crippen LogP contribution in [0, 0.1) is 18.7 Å². The summed E-state index contributed by atoms with van der Waals surface area (Å²) >= 11 is 0. The molecule has 0 amide bonds. The fourth-order valence-electron chi connectivity index (χ4n) is 3.53. The zero-order valence-electron chi connectivity index (χ0n) is 13.2. The van der Waals surface area contributed by atoms with E-state index in [9.17, 15) is 4.39 Å². The molecule has 0 saturated carbocycles. The standard InChI is InChI=1S/C18H20FN3O/c1-12-2-3-14(15(19)10-12)16-4-5-17(21-20-16)23-18-11-13-6-8-22(18)9-7-13/h2-5,10,13,18H,6-9,11H2,1H3/t18-/m1/s1. The molecule has 1 aromatic carbocycles. The Kier molecular flexibility index (Phi) is 3.73. The topological polar surface area (TPSA) is 38.2 Å². The Morgan fingerprint density at radius 1 is 1.13 bits per heavy atom. The molecule has 4 heterocycles. The second-order valence-corrected chi connectivity index (χ2v) is 6.53. The van der Waals surface area contributed by atoms with Gasteiger partial charge in [-0.3, -0.25) is 4.90 Å². The zero-order valence-corrected chi connectivity index (χ0v) is 13.2. The van der Waals surface area contributed by atoms with Gasteiger partial charge < -0.3 is 4.74 Å². The van der Waals surface area contributed by atoms with Gasteiger partial charge in [0.15, 0.2) is 6.23 Å². The smallest absolute Gasteiger partial charge is 0.234 e. The number of aryl methyl sites for hydroxylation is 1. The number of benzene rings is 1. The SMILES string of the molecule is Cc1ccc(-c2ccc(O[C@@H]3CC4CCN3CC4)nn2)c(F)c1. The molecule has 2 bridgehead atoms. The van der Waals surface area contributed by atoms with Crippen LogP contribution >= 0.6 is 0 Å². The van der Waals surface area contributed by atoms with Crippen molar-refractivity contribution >= 4 is 0 Å². The van der Waals surface area contributed by atoms with Crippen molar-refractivity contribution in [2.45, 2.75) is 32.4 Å². The molecule has 3 fully saturated rings. The van der Waals surface area contributed by atoms with E-state index in [1.807, 2.05) is 13.0 Å². The van der Waals surface area contributed by atoms with E-state index in [1.165, 1.54) is 18.9 Å². The van der Waals surface area contributed by atoms with Gasteiger partial charge in [0.05, 0.1) is 5.69 Å². The first-order valence-corrected chi connectivity index (χ1v) is 8.20. The number of aromatic nitrogens is 2. The minimum atomic E-state index is -0.274. The van der Waals surface area contributed by atoms with E-state index in [2.05, 4.69) is 15.1 Å². The van der Waals surface area contributed by atoms with Crippen molar-refractivity contribution in [2.75, 3.05) is 13.1 Å². The normalized spacial score (nSPS) is 26.3. The number of rotatable bonds is 3. The van der Waals surface area contributed by atoms with Crippen LogP contribution in [0.3, 0.4) is 0 Å². The molecule has 0 radical (unpaired) electrons. The van der Waals surface area contributed by atoms with Gasteiger partial charge in [-0.1, -0.05) is 6.07 Å². The lowest BCUT2D eigenvalue weighted by Crippen LogP contribution is -2.51. The third-order valence-electron chi connectivity index (χ3n) is 4.89. The summed E-state index contributed by atoms with van der Waals surface area (Å²) in [5.41, 5.74) is 1.89. The molecule has 4 nitrogen and oxygen atoms in total. The van der Waals surface area contributed by atoms with E-state index < -0.39 is 0 Å². The number of piperidine rings is 3. The lowest BCUT2D eigenvalue weighted by molar-refractivity contribution is -0.0629. The molecule has 0 unspecified atom stereocenters. The van der Waals surface area contributed by atoms with Crippen LogP contribution in [-0.4, -0.2) is 34.4 Å². The van der Waals surface area contributed by atoms with Crippen molar-refractivity contribution in [2.24, 2.45) is 5.92 Å². The van der Waals surface area contributed by atoms with Crippen LogP contribution in [-0.2, 0) is 0 Å². The van der Waals surface area contributed by atoms with E-state index in [4.69, 9.17) is 4.74 Å². The molecular weight excluding hydrogens is 293 g/mol. The van der Waals surface area contributed by atoms with Crippen molar-refractivity contribution < 1.29 is 9.13 Å². The highest BCUT2D eigenvalue weighted by atomic mass is 19.1. The Balaban J connectivity index is 1.50. The van der Waals surface area contributed by atoms with E-state index in [-0.39, 0.29) is 12.0 Å². The molecule has 3 aliphatic heterocycles. The average Bonchev–Trinajstić information content (AvgIpc) is 2.57. The molecule has 23 heavy (non-hydrogen) atoms. The summed E-state index contributed by atoms with van der Waals surface area (Å²) in [7, 11) is 0. The fourth-order valence-corrected chi connectivity index (χ4v) is 3.53. The molecule has 5 rings (SSSR count). The lowest BCUT2D eigenvalue weighted by Gasteiger charge is -2.44. The van der Waals surface area contributed by atoms with Crippen LogP contribution in [0.15, 0.2) is 30.3 Å². The highest BCUT2D eigenvalue weighted by Gasteiger charge is 2.35. The van der Waals surface area contributed by atoms with E-state index in [1.54, 1.807) is 18.2 Å². The molecule has 1 atom stereocenters. The van der Waals surface area contributed by atoms with Crippen molar-refractivity contribution in [1.29, 1.82) is 0 Å². The number of halogens is 1. The Morgan fingerprint density at radius 3 is 2.57 bits per heavy atom. The largest absolute Gasteiger partial charge is 0.457 e. The van der Waals surface area contributed by atoms with Crippen LogP contribution in [0.25, 0.3) is 11.3 Å². The molecule has 1 aromatic heterocycles. The predicted molar refractivity (Wildman–Crippen MR) is 85.5 cm³/mol. The number of fused-ring (bicyclic) bond motifs is 3. The summed E-state index contributed by atoms with van der Waals surface area (Å²) in [5, 5.41) is 8.26. The second-order valence-electron chi connectivity index (χ2n) is 6.53. The molecule has 3 aliphatic rings. The van der Waals surface area contributed by atoms with Gasteiger partial charge in [0.25, 0.3) is 0 Å². The van der Waals surface area contributed by atoms with Crippen molar-refractivity contribution in [3.05, 3.63) is 41.7 Å². The van der Waals surface area contributed by atoms with Gasteiger partial charge >= 0.3 is 0 Å². The molecule has 3 saturated heterocycles. The second kappa shape index (κ2) is 5.89. The predicted octanol–water partition coefficient (Wildman–Crippen LogP) is 3.41. The van der Waals surface area contributed by atoms with Crippen molar-refractivity contribution in [3.8, 4) is 17.1 Å². The average molecular weight is 313 g/mol. The summed E-state index contributed by atoms with van der Waals surface area (Å²) in [6, 6.07) is 8.67. The fraction of sp³-hybridized carbons (Fsp3) is 0.444. The summed E-state index contributed by atoms with van der Waals surface area (Å²) in [4.78, 5) is 2.37. The third kappa shape index (κ3) is 2.93. The van der Waals surface area contributed by atoms with Gasteiger partial charge in [0, 0.05) is 31.1 Å². The Labute approximate surface area is 135 Å². The van der Waals surface area contributed by atoms with Crippen LogP contribution in [0.5, 0.6) is 5.88 Å². The van der Waals surface area contributed by atoms with Gasteiger partial charge in [0.1, 0.15) is 5.82 Å². The van der Waals surface area contributed by atoms with Gasteiger partial charge in [-0.2, -0.15) is 0 Å². The van der Waals surface area contributed by atoms with Gasteiger partial charge in [0.2, 0.25) is 5.88 Å². The van der Waals surface area contributed by atoms with E-state index in [0.29, 0.717) is 17.1 Å². The van der Waals surface area contributed by atoms with E-state index in [0.717, 1.165) is 31.0 Å². The lowest BCUT2D eigenvalue weighted by atomic mass is 9.87. The monoisotopic (exact) mass is 313 g/mol. The molecule has 120 valence electrons. The first-order valence-electron chi connectivity index (χ1n) is 8.20. The van der Waals surface area contributed by atoms with Crippen LogP contribution in [0.1, 0.15) is 24.8 Å². The summed E-state index contributed by atoms with van der Waals surface area (Å²) in [6.45, 7) is 4.08. The zero-order chi connectivity index (χ0) is 15.8. The Morgan fingerprint density at radius 2 is 1.96 bits per heavy atom. The van der Waals surface area contributed by atoms with Crippen LogP contribution in [0.2, 0.25) is 0 Å². The minimum Gasteiger partial charge on any atom is -0.457 e. The quantitative estimate of drug-likeness (QED) is 0.870. The number of hydrogen-bond donors (Lipinski definition) is 0. The van der Waals surface area contributed by atoms with Gasteiger partial charge in [-0.15, -0.1) is 10.2 Å².